The minimum atomic E-state index is -0.519. The third-order valence-electron chi connectivity index (χ3n) is 3.77. The summed E-state index contributed by atoms with van der Waals surface area (Å²) in [6.45, 7) is 8.45. The van der Waals surface area contributed by atoms with Gasteiger partial charge in [0.05, 0.1) is 0 Å². The first kappa shape index (κ1) is 18.5. The first-order valence-electron chi connectivity index (χ1n) is 8.13. The summed E-state index contributed by atoms with van der Waals surface area (Å²) >= 11 is 3.38. The smallest absolute Gasteiger partial charge is 0.265 e. The lowest BCUT2D eigenvalue weighted by Gasteiger charge is -2.21. The molecule has 0 aliphatic heterocycles. The highest BCUT2D eigenvalue weighted by molar-refractivity contribution is 9.10. The van der Waals surface area contributed by atoms with Crippen LogP contribution in [0, 0.1) is 0 Å². The Bertz CT molecular complexity index is 672. The summed E-state index contributed by atoms with van der Waals surface area (Å²) < 4.78 is 6.84. The van der Waals surface area contributed by atoms with E-state index in [2.05, 4.69) is 54.2 Å². The van der Waals surface area contributed by atoms with Gasteiger partial charge in [-0.25, -0.2) is 0 Å². The molecule has 0 spiro atoms. The molecule has 1 N–H and O–H groups in total. The number of ether oxygens (including phenoxy) is 1. The van der Waals surface area contributed by atoms with Gasteiger partial charge in [0.15, 0.2) is 6.10 Å². The molecule has 0 fully saturated rings. The second kappa shape index (κ2) is 7.84. The Morgan fingerprint density at radius 2 is 1.67 bits per heavy atom. The van der Waals surface area contributed by atoms with E-state index in [1.165, 1.54) is 5.56 Å². The second-order valence-electron chi connectivity index (χ2n) is 6.79. The fraction of sp³-hybridized carbons (Fsp3) is 0.350. The van der Waals surface area contributed by atoms with Gasteiger partial charge in [0.1, 0.15) is 5.75 Å². The van der Waals surface area contributed by atoms with Crippen molar-refractivity contribution in [2.24, 2.45) is 0 Å². The number of halogens is 1. The van der Waals surface area contributed by atoms with Gasteiger partial charge in [-0.1, -0.05) is 55.8 Å². The number of nitrogens with one attached hydrogen (secondary N) is 1. The average molecular weight is 390 g/mol. The van der Waals surface area contributed by atoms with E-state index in [0.717, 1.165) is 10.2 Å². The molecule has 1 atom stereocenters. The predicted octanol–water partition coefficient (Wildman–Crippen LogP) is 5.54. The number of hydrogen-bond donors (Lipinski definition) is 1. The largest absolute Gasteiger partial charge is 0.481 e. The van der Waals surface area contributed by atoms with Crippen molar-refractivity contribution in [1.82, 2.24) is 0 Å². The lowest BCUT2D eigenvalue weighted by Crippen LogP contribution is -2.32. The molecular formula is C20H24BrNO2. The van der Waals surface area contributed by atoms with Crippen molar-refractivity contribution in [3.63, 3.8) is 0 Å². The maximum Gasteiger partial charge on any atom is 0.265 e. The van der Waals surface area contributed by atoms with E-state index < -0.39 is 6.10 Å². The summed E-state index contributed by atoms with van der Waals surface area (Å²) in [5.41, 5.74) is 2.09. The van der Waals surface area contributed by atoms with E-state index in [9.17, 15) is 4.79 Å². The zero-order valence-electron chi connectivity index (χ0n) is 14.6. The molecule has 0 heterocycles. The zero-order valence-corrected chi connectivity index (χ0v) is 16.2. The van der Waals surface area contributed by atoms with Gasteiger partial charge in [-0.2, -0.15) is 0 Å². The third kappa shape index (κ3) is 5.10. The first-order chi connectivity index (χ1) is 11.3. The predicted molar refractivity (Wildman–Crippen MR) is 103 cm³/mol. The summed E-state index contributed by atoms with van der Waals surface area (Å²) in [5, 5.41) is 2.89. The standard InChI is InChI=1S/C20H24BrNO2/c1-5-18(19(23)22-16-10-8-15(21)9-11-16)24-17-12-6-14(7-13-17)20(2,3)4/h6-13,18H,5H2,1-4H3,(H,22,23)/t18-/m1/s1. The van der Waals surface area contributed by atoms with Gasteiger partial charge in [0.25, 0.3) is 5.91 Å². The Labute approximate surface area is 152 Å². The molecule has 2 aromatic carbocycles. The first-order valence-corrected chi connectivity index (χ1v) is 8.92. The molecule has 2 rings (SSSR count). The number of rotatable bonds is 5. The molecule has 0 aliphatic rings. The molecular weight excluding hydrogens is 366 g/mol. The van der Waals surface area contributed by atoms with Crippen LogP contribution in [0.1, 0.15) is 39.7 Å². The Kier molecular flexibility index (Phi) is 6.05. The van der Waals surface area contributed by atoms with Crippen LogP contribution in [0.5, 0.6) is 5.75 Å². The van der Waals surface area contributed by atoms with E-state index in [-0.39, 0.29) is 11.3 Å². The molecule has 0 bridgehead atoms. The summed E-state index contributed by atoms with van der Waals surface area (Å²) in [4.78, 5) is 12.4. The topological polar surface area (TPSA) is 38.3 Å². The van der Waals surface area contributed by atoms with Crippen molar-refractivity contribution in [2.75, 3.05) is 5.32 Å². The normalized spacial score (nSPS) is 12.5. The molecule has 1 amide bonds. The minimum Gasteiger partial charge on any atom is -0.481 e. The Hall–Kier alpha value is -1.81. The van der Waals surface area contributed by atoms with Crippen molar-refractivity contribution in [2.45, 2.75) is 45.6 Å². The Morgan fingerprint density at radius 3 is 2.17 bits per heavy atom. The van der Waals surface area contributed by atoms with E-state index in [1.54, 1.807) is 0 Å². The molecule has 24 heavy (non-hydrogen) atoms. The van der Waals surface area contributed by atoms with Gasteiger partial charge in [0, 0.05) is 10.2 Å². The van der Waals surface area contributed by atoms with Gasteiger partial charge >= 0.3 is 0 Å². The molecule has 2 aromatic rings. The number of hydrogen-bond acceptors (Lipinski definition) is 2. The van der Waals surface area contributed by atoms with Crippen LogP contribution in [0.3, 0.4) is 0 Å². The third-order valence-corrected chi connectivity index (χ3v) is 4.30. The summed E-state index contributed by atoms with van der Waals surface area (Å²) in [6, 6.07) is 15.4. The van der Waals surface area contributed by atoms with E-state index >= 15 is 0 Å². The molecule has 0 unspecified atom stereocenters. The fourth-order valence-electron chi connectivity index (χ4n) is 2.28. The van der Waals surface area contributed by atoms with E-state index in [1.807, 2.05) is 43.3 Å². The summed E-state index contributed by atoms with van der Waals surface area (Å²) in [7, 11) is 0. The molecule has 4 heteroatoms. The van der Waals surface area contributed by atoms with Gasteiger partial charge in [-0.3, -0.25) is 4.79 Å². The van der Waals surface area contributed by atoms with Crippen LogP contribution in [-0.4, -0.2) is 12.0 Å². The zero-order chi connectivity index (χ0) is 17.7. The van der Waals surface area contributed by atoms with Gasteiger partial charge in [0.2, 0.25) is 0 Å². The Morgan fingerprint density at radius 1 is 1.08 bits per heavy atom. The van der Waals surface area contributed by atoms with E-state index in [4.69, 9.17) is 4.74 Å². The SMILES string of the molecule is CC[C@@H](Oc1ccc(C(C)(C)C)cc1)C(=O)Nc1ccc(Br)cc1. The summed E-state index contributed by atoms with van der Waals surface area (Å²) in [5.74, 6) is 0.570. The number of benzene rings is 2. The molecule has 0 radical (unpaired) electrons. The van der Waals surface area contributed by atoms with Crippen molar-refractivity contribution in [3.05, 3.63) is 58.6 Å². The highest BCUT2D eigenvalue weighted by Gasteiger charge is 2.19. The van der Waals surface area contributed by atoms with Crippen LogP contribution in [0.15, 0.2) is 53.0 Å². The average Bonchev–Trinajstić information content (AvgIpc) is 2.54. The quantitative estimate of drug-likeness (QED) is 0.728. The molecule has 0 aromatic heterocycles. The number of carbonyl (C=O) groups is 1. The van der Waals surface area contributed by atoms with Crippen LogP contribution >= 0.6 is 15.9 Å². The second-order valence-corrected chi connectivity index (χ2v) is 7.70. The maximum atomic E-state index is 12.4. The van der Waals surface area contributed by atoms with Crippen molar-refractivity contribution in [1.29, 1.82) is 0 Å². The van der Waals surface area contributed by atoms with Gasteiger partial charge in [-0.05, 0) is 53.8 Å². The van der Waals surface area contributed by atoms with Gasteiger partial charge < -0.3 is 10.1 Å². The number of anilines is 1. The lowest BCUT2D eigenvalue weighted by atomic mass is 9.87. The van der Waals surface area contributed by atoms with E-state index in [0.29, 0.717) is 12.2 Å². The summed E-state index contributed by atoms with van der Waals surface area (Å²) in [6.07, 6.45) is 0.0813. The van der Waals surface area contributed by atoms with Crippen LogP contribution < -0.4 is 10.1 Å². The van der Waals surface area contributed by atoms with Crippen molar-refractivity contribution >= 4 is 27.5 Å². The molecule has 0 saturated heterocycles. The van der Waals surface area contributed by atoms with Crippen LogP contribution in [0.4, 0.5) is 5.69 Å². The van der Waals surface area contributed by atoms with Gasteiger partial charge in [-0.15, -0.1) is 0 Å². The Balaban J connectivity index is 2.03. The molecule has 3 nitrogen and oxygen atoms in total. The number of carbonyl (C=O) groups excluding carboxylic acids is 1. The maximum absolute atomic E-state index is 12.4. The monoisotopic (exact) mass is 389 g/mol. The van der Waals surface area contributed by atoms with Crippen LogP contribution in [0.2, 0.25) is 0 Å². The lowest BCUT2D eigenvalue weighted by molar-refractivity contribution is -0.122. The fourth-order valence-corrected chi connectivity index (χ4v) is 2.54. The molecule has 0 aliphatic carbocycles. The minimum absolute atomic E-state index is 0.0989. The molecule has 0 saturated carbocycles. The highest BCUT2D eigenvalue weighted by Crippen LogP contribution is 2.25. The van der Waals surface area contributed by atoms with Crippen LogP contribution in [0.25, 0.3) is 0 Å². The highest BCUT2D eigenvalue weighted by atomic mass is 79.9. The van der Waals surface area contributed by atoms with Crippen LogP contribution in [-0.2, 0) is 10.2 Å². The van der Waals surface area contributed by atoms with Crippen molar-refractivity contribution in [3.8, 4) is 5.75 Å². The number of amides is 1. The van der Waals surface area contributed by atoms with Crippen molar-refractivity contribution < 1.29 is 9.53 Å². The molecule has 128 valence electrons.